The first-order chi connectivity index (χ1) is 7.33. The van der Waals surface area contributed by atoms with Crippen molar-refractivity contribution >= 4 is 21.8 Å². The molecule has 1 aliphatic rings. The largest absolute Gasteiger partial charge is 0.390 e. The molecule has 2 atom stereocenters. The number of amides is 1. The number of hydrogen-bond donors (Lipinski definition) is 1. The molecule has 4 heteroatoms. The molecule has 3 nitrogen and oxygen atoms in total. The number of halogens is 1. The van der Waals surface area contributed by atoms with E-state index in [1.807, 2.05) is 25.7 Å². The minimum absolute atomic E-state index is 0.101. The van der Waals surface area contributed by atoms with Crippen molar-refractivity contribution in [3.63, 3.8) is 0 Å². The lowest BCUT2D eigenvalue weighted by molar-refractivity contribution is -0.131. The van der Waals surface area contributed by atoms with Crippen molar-refractivity contribution in [2.24, 2.45) is 5.92 Å². The van der Waals surface area contributed by atoms with E-state index in [0.29, 0.717) is 18.9 Å². The first kappa shape index (κ1) is 14.0. The number of carbonyl (C=O) groups excluding carboxylic acids is 1. The highest BCUT2D eigenvalue weighted by atomic mass is 79.9. The summed E-state index contributed by atoms with van der Waals surface area (Å²) in [4.78, 5) is 13.9. The van der Waals surface area contributed by atoms with E-state index in [0.717, 1.165) is 19.4 Å². The van der Waals surface area contributed by atoms with Crippen molar-refractivity contribution in [2.45, 2.75) is 50.5 Å². The molecule has 1 heterocycles. The lowest BCUT2D eigenvalue weighted by Crippen LogP contribution is -2.40. The minimum atomic E-state index is -0.603. The Morgan fingerprint density at radius 1 is 1.38 bits per heavy atom. The number of nitrogens with zero attached hydrogens (tertiary/aromatic N) is 1. The van der Waals surface area contributed by atoms with Gasteiger partial charge in [-0.1, -0.05) is 29.8 Å². The number of alkyl halides is 1. The van der Waals surface area contributed by atoms with Gasteiger partial charge in [0.25, 0.3) is 0 Å². The summed E-state index contributed by atoms with van der Waals surface area (Å²) in [5, 5.41) is 9.95. The van der Waals surface area contributed by atoms with Gasteiger partial charge in [-0.25, -0.2) is 0 Å². The van der Waals surface area contributed by atoms with Gasteiger partial charge in [-0.05, 0) is 32.1 Å². The average molecular weight is 292 g/mol. The molecule has 1 amide bonds. The van der Waals surface area contributed by atoms with Crippen LogP contribution in [0.5, 0.6) is 0 Å². The fourth-order valence-electron chi connectivity index (χ4n) is 1.94. The molecule has 1 saturated heterocycles. The molecule has 0 aromatic heterocycles. The minimum Gasteiger partial charge on any atom is -0.390 e. The predicted octanol–water partition coefficient (Wildman–Crippen LogP) is 2.17. The molecular formula is C12H22BrNO2. The molecule has 16 heavy (non-hydrogen) atoms. The van der Waals surface area contributed by atoms with Crippen LogP contribution in [-0.2, 0) is 4.79 Å². The standard InChI is InChI=1S/C12H22BrNO2/c1-9(2)10(13)11(15)14-7-4-5-12(3,16)6-8-14/h9-10,16H,4-8H2,1-3H3. The van der Waals surface area contributed by atoms with Gasteiger partial charge in [-0.3, -0.25) is 4.79 Å². The predicted molar refractivity (Wildman–Crippen MR) is 68.6 cm³/mol. The Balaban J connectivity index is 2.58. The quantitative estimate of drug-likeness (QED) is 0.792. The van der Waals surface area contributed by atoms with Crippen molar-refractivity contribution in [3.8, 4) is 0 Å². The zero-order chi connectivity index (χ0) is 12.3. The van der Waals surface area contributed by atoms with Crippen LogP contribution in [0.25, 0.3) is 0 Å². The summed E-state index contributed by atoms with van der Waals surface area (Å²) in [7, 11) is 0. The van der Waals surface area contributed by atoms with Crippen LogP contribution in [-0.4, -0.2) is 39.4 Å². The molecule has 1 aliphatic heterocycles. The van der Waals surface area contributed by atoms with Crippen LogP contribution in [0.4, 0.5) is 0 Å². The molecule has 0 aliphatic carbocycles. The Hall–Kier alpha value is -0.0900. The van der Waals surface area contributed by atoms with Crippen molar-refractivity contribution < 1.29 is 9.90 Å². The average Bonchev–Trinajstić information content (AvgIpc) is 2.37. The Morgan fingerprint density at radius 3 is 2.56 bits per heavy atom. The van der Waals surface area contributed by atoms with Gasteiger partial charge in [0.05, 0.1) is 10.4 Å². The van der Waals surface area contributed by atoms with Gasteiger partial charge < -0.3 is 10.0 Å². The number of hydrogen-bond acceptors (Lipinski definition) is 2. The van der Waals surface area contributed by atoms with Gasteiger partial charge in [0.1, 0.15) is 0 Å². The van der Waals surface area contributed by atoms with Crippen molar-refractivity contribution in [3.05, 3.63) is 0 Å². The second kappa shape index (κ2) is 5.50. The van der Waals surface area contributed by atoms with Crippen LogP contribution >= 0.6 is 15.9 Å². The molecule has 94 valence electrons. The second-order valence-corrected chi connectivity index (χ2v) is 6.31. The van der Waals surface area contributed by atoms with E-state index in [2.05, 4.69) is 15.9 Å². The van der Waals surface area contributed by atoms with Gasteiger partial charge in [-0.2, -0.15) is 0 Å². The third kappa shape index (κ3) is 3.74. The van der Waals surface area contributed by atoms with Crippen molar-refractivity contribution in [1.82, 2.24) is 4.90 Å². The lowest BCUT2D eigenvalue weighted by Gasteiger charge is -2.25. The molecule has 0 spiro atoms. The fourth-order valence-corrected chi connectivity index (χ4v) is 2.23. The van der Waals surface area contributed by atoms with E-state index < -0.39 is 5.60 Å². The molecule has 0 bridgehead atoms. The van der Waals surface area contributed by atoms with Crippen molar-refractivity contribution in [1.29, 1.82) is 0 Å². The topological polar surface area (TPSA) is 40.5 Å². The van der Waals surface area contributed by atoms with Crippen LogP contribution in [0.1, 0.15) is 40.0 Å². The van der Waals surface area contributed by atoms with E-state index in [-0.39, 0.29) is 10.7 Å². The summed E-state index contributed by atoms with van der Waals surface area (Å²) in [5.74, 6) is 0.462. The Morgan fingerprint density at radius 2 is 2.00 bits per heavy atom. The Kier molecular flexibility index (Phi) is 4.80. The second-order valence-electron chi connectivity index (χ2n) is 5.32. The SMILES string of the molecule is CC(C)C(Br)C(=O)N1CCCC(C)(O)CC1. The van der Waals surface area contributed by atoms with E-state index >= 15 is 0 Å². The number of carbonyl (C=O) groups is 1. The van der Waals surface area contributed by atoms with E-state index in [1.165, 1.54) is 0 Å². The molecule has 1 fully saturated rings. The number of likely N-dealkylation sites (tertiary alicyclic amines) is 1. The maximum absolute atomic E-state index is 12.1. The summed E-state index contributed by atoms with van der Waals surface area (Å²) >= 11 is 3.44. The number of aliphatic hydroxyl groups is 1. The molecule has 1 N–H and O–H groups in total. The van der Waals surface area contributed by atoms with Gasteiger partial charge >= 0.3 is 0 Å². The molecule has 0 aromatic rings. The van der Waals surface area contributed by atoms with Crippen molar-refractivity contribution in [2.75, 3.05) is 13.1 Å². The van der Waals surface area contributed by atoms with Crippen LogP contribution in [0.3, 0.4) is 0 Å². The molecule has 0 saturated carbocycles. The van der Waals surface area contributed by atoms with Gasteiger partial charge in [-0.15, -0.1) is 0 Å². The third-order valence-corrected chi connectivity index (χ3v) is 4.65. The summed E-state index contributed by atoms with van der Waals surface area (Å²) in [5.41, 5.74) is -0.603. The molecule has 0 radical (unpaired) electrons. The first-order valence-electron chi connectivity index (χ1n) is 5.99. The Labute approximate surface area is 106 Å². The smallest absolute Gasteiger partial charge is 0.236 e. The maximum atomic E-state index is 12.1. The summed E-state index contributed by atoms with van der Waals surface area (Å²) in [6.07, 6.45) is 2.35. The Bertz CT molecular complexity index is 253. The van der Waals surface area contributed by atoms with Gasteiger partial charge in [0.15, 0.2) is 0 Å². The number of rotatable bonds is 2. The van der Waals surface area contributed by atoms with Gasteiger partial charge in [0, 0.05) is 13.1 Å². The van der Waals surface area contributed by atoms with Crippen LogP contribution in [0.15, 0.2) is 0 Å². The van der Waals surface area contributed by atoms with E-state index in [1.54, 1.807) is 0 Å². The van der Waals surface area contributed by atoms with Crippen LogP contribution in [0.2, 0.25) is 0 Å². The first-order valence-corrected chi connectivity index (χ1v) is 6.90. The highest BCUT2D eigenvalue weighted by Crippen LogP contribution is 2.23. The molecule has 1 rings (SSSR count). The van der Waals surface area contributed by atoms with Gasteiger partial charge in [0.2, 0.25) is 5.91 Å². The highest BCUT2D eigenvalue weighted by molar-refractivity contribution is 9.10. The molecular weight excluding hydrogens is 270 g/mol. The van der Waals surface area contributed by atoms with Crippen LogP contribution in [0, 0.1) is 5.92 Å². The highest BCUT2D eigenvalue weighted by Gasteiger charge is 2.30. The third-order valence-electron chi connectivity index (χ3n) is 3.20. The summed E-state index contributed by atoms with van der Waals surface area (Å²) in [6.45, 7) is 7.36. The molecule has 0 aromatic carbocycles. The maximum Gasteiger partial charge on any atom is 0.236 e. The van der Waals surface area contributed by atoms with E-state index in [4.69, 9.17) is 0 Å². The zero-order valence-electron chi connectivity index (χ0n) is 10.4. The lowest BCUT2D eigenvalue weighted by atomic mass is 9.98. The van der Waals surface area contributed by atoms with Crippen LogP contribution < -0.4 is 0 Å². The summed E-state index contributed by atoms with van der Waals surface area (Å²) in [6, 6.07) is 0. The molecule has 2 unspecified atom stereocenters. The normalized spacial score (nSPS) is 29.0. The zero-order valence-corrected chi connectivity index (χ0v) is 12.0. The van der Waals surface area contributed by atoms with E-state index in [9.17, 15) is 9.90 Å². The fraction of sp³-hybridized carbons (Fsp3) is 0.917. The monoisotopic (exact) mass is 291 g/mol. The summed E-state index contributed by atoms with van der Waals surface area (Å²) < 4.78 is 0.